The van der Waals surface area contributed by atoms with Crippen molar-refractivity contribution in [2.75, 3.05) is 7.11 Å². The molecule has 68 valence electrons. The Morgan fingerprint density at radius 2 is 2.00 bits per heavy atom. The average Bonchev–Trinajstić information content (AvgIpc) is 2.29. The molecule has 0 aliphatic rings. The van der Waals surface area contributed by atoms with Gasteiger partial charge in [-0.1, -0.05) is 32.1 Å². The standard InChI is InChI=1S/C9H13FOS/c1-9(2,3)6-5-7(11-4)12-8(6)10/h5H,1-4H3. The van der Waals surface area contributed by atoms with E-state index in [4.69, 9.17) is 4.74 Å². The first-order chi connectivity index (χ1) is 5.45. The fourth-order valence-electron chi connectivity index (χ4n) is 0.959. The molecule has 0 atom stereocenters. The van der Waals surface area contributed by atoms with E-state index >= 15 is 0 Å². The van der Waals surface area contributed by atoms with E-state index in [2.05, 4.69) is 0 Å². The van der Waals surface area contributed by atoms with Crippen LogP contribution in [0.1, 0.15) is 26.3 Å². The SMILES string of the molecule is COc1cc(C(C)(C)C)c(F)s1. The van der Waals surface area contributed by atoms with Crippen LogP contribution in [0.3, 0.4) is 0 Å². The third kappa shape index (κ3) is 1.78. The second kappa shape index (κ2) is 3.05. The molecule has 0 unspecified atom stereocenters. The Balaban J connectivity index is 3.08. The van der Waals surface area contributed by atoms with Crippen LogP contribution in [0.4, 0.5) is 4.39 Å². The van der Waals surface area contributed by atoms with Crippen molar-refractivity contribution in [1.29, 1.82) is 0 Å². The van der Waals surface area contributed by atoms with Crippen molar-refractivity contribution >= 4 is 11.3 Å². The Morgan fingerprint density at radius 1 is 1.42 bits per heavy atom. The van der Waals surface area contributed by atoms with Gasteiger partial charge in [-0.05, 0) is 11.5 Å². The summed E-state index contributed by atoms with van der Waals surface area (Å²) < 4.78 is 18.2. The van der Waals surface area contributed by atoms with Crippen LogP contribution in [0, 0.1) is 5.13 Å². The van der Waals surface area contributed by atoms with Crippen LogP contribution < -0.4 is 4.74 Å². The number of thiophene rings is 1. The van der Waals surface area contributed by atoms with Crippen LogP contribution in [-0.4, -0.2) is 7.11 Å². The predicted molar refractivity (Wildman–Crippen MR) is 49.5 cm³/mol. The summed E-state index contributed by atoms with van der Waals surface area (Å²) in [5.41, 5.74) is 0.585. The maximum Gasteiger partial charge on any atom is 0.183 e. The first-order valence-corrected chi connectivity index (χ1v) is 4.60. The van der Waals surface area contributed by atoms with E-state index in [0.717, 1.165) is 16.9 Å². The molecule has 1 rings (SSSR count). The third-order valence-corrected chi connectivity index (χ3v) is 2.56. The fourth-order valence-corrected chi connectivity index (χ4v) is 1.87. The molecular weight excluding hydrogens is 175 g/mol. The summed E-state index contributed by atoms with van der Waals surface area (Å²) >= 11 is 1.05. The number of rotatable bonds is 1. The Labute approximate surface area is 76.2 Å². The van der Waals surface area contributed by atoms with Gasteiger partial charge in [0.2, 0.25) is 0 Å². The van der Waals surface area contributed by atoms with Gasteiger partial charge < -0.3 is 4.74 Å². The molecule has 0 radical (unpaired) electrons. The summed E-state index contributed by atoms with van der Waals surface area (Å²) in [6, 6.07) is 1.76. The van der Waals surface area contributed by atoms with E-state index in [1.807, 2.05) is 20.8 Å². The van der Waals surface area contributed by atoms with Gasteiger partial charge >= 0.3 is 0 Å². The van der Waals surface area contributed by atoms with Gasteiger partial charge in [-0.25, -0.2) is 0 Å². The molecule has 0 fully saturated rings. The third-order valence-electron chi connectivity index (χ3n) is 1.67. The minimum absolute atomic E-state index is 0.139. The molecule has 12 heavy (non-hydrogen) atoms. The zero-order chi connectivity index (χ0) is 9.35. The van der Waals surface area contributed by atoms with Crippen LogP contribution in [0.2, 0.25) is 0 Å². The second-order valence-corrected chi connectivity index (χ2v) is 4.67. The van der Waals surface area contributed by atoms with Gasteiger partial charge in [-0.3, -0.25) is 0 Å². The van der Waals surface area contributed by atoms with Crippen molar-refractivity contribution in [3.63, 3.8) is 0 Å². The maximum atomic E-state index is 13.2. The molecule has 0 aliphatic heterocycles. The van der Waals surface area contributed by atoms with E-state index in [9.17, 15) is 4.39 Å². The monoisotopic (exact) mass is 188 g/mol. The number of ether oxygens (including phenoxy) is 1. The Hall–Kier alpha value is -0.570. The van der Waals surface area contributed by atoms with Crippen molar-refractivity contribution in [3.05, 3.63) is 16.8 Å². The lowest BCUT2D eigenvalue weighted by molar-refractivity contribution is 0.426. The van der Waals surface area contributed by atoms with Crippen LogP contribution in [0.25, 0.3) is 0 Å². The molecule has 0 spiro atoms. The quantitative estimate of drug-likeness (QED) is 0.657. The molecule has 3 heteroatoms. The lowest BCUT2D eigenvalue weighted by Gasteiger charge is -2.15. The van der Waals surface area contributed by atoms with Crippen LogP contribution >= 0.6 is 11.3 Å². The second-order valence-electron chi connectivity index (χ2n) is 3.71. The largest absolute Gasteiger partial charge is 0.487 e. The van der Waals surface area contributed by atoms with E-state index in [1.54, 1.807) is 13.2 Å². The normalized spacial score (nSPS) is 11.8. The number of methoxy groups -OCH3 is 1. The molecule has 0 saturated heterocycles. The summed E-state index contributed by atoms with van der Waals surface area (Å²) in [6.45, 7) is 5.95. The lowest BCUT2D eigenvalue weighted by atomic mass is 9.89. The zero-order valence-electron chi connectivity index (χ0n) is 7.77. The average molecular weight is 188 g/mol. The van der Waals surface area contributed by atoms with E-state index in [-0.39, 0.29) is 10.5 Å². The number of hydrogen-bond acceptors (Lipinski definition) is 2. The van der Waals surface area contributed by atoms with Crippen LogP contribution in [0.15, 0.2) is 6.07 Å². The molecular formula is C9H13FOS. The molecule has 0 bridgehead atoms. The number of hydrogen-bond donors (Lipinski definition) is 0. The predicted octanol–water partition coefficient (Wildman–Crippen LogP) is 3.19. The summed E-state index contributed by atoms with van der Waals surface area (Å²) in [5.74, 6) is 0. The topological polar surface area (TPSA) is 9.23 Å². The van der Waals surface area contributed by atoms with Crippen molar-refractivity contribution in [2.24, 2.45) is 0 Å². The summed E-state index contributed by atoms with van der Waals surface area (Å²) in [6.07, 6.45) is 0. The van der Waals surface area contributed by atoms with Gasteiger partial charge in [0, 0.05) is 5.56 Å². The molecule has 1 aromatic rings. The molecule has 0 aromatic carbocycles. The highest BCUT2D eigenvalue weighted by atomic mass is 32.1. The maximum absolute atomic E-state index is 13.2. The summed E-state index contributed by atoms with van der Waals surface area (Å²) in [5, 5.41) is 0.497. The first-order valence-electron chi connectivity index (χ1n) is 3.79. The van der Waals surface area contributed by atoms with Gasteiger partial charge in [-0.15, -0.1) is 0 Å². The van der Waals surface area contributed by atoms with E-state index < -0.39 is 0 Å². The van der Waals surface area contributed by atoms with Gasteiger partial charge in [0.15, 0.2) is 10.2 Å². The molecule has 0 aliphatic carbocycles. The summed E-state index contributed by atoms with van der Waals surface area (Å²) in [4.78, 5) is 0. The minimum Gasteiger partial charge on any atom is -0.487 e. The minimum atomic E-state index is -0.142. The Bertz CT molecular complexity index is 273. The molecule has 0 saturated carbocycles. The number of halogens is 1. The molecule has 0 amide bonds. The van der Waals surface area contributed by atoms with Crippen LogP contribution in [0.5, 0.6) is 5.06 Å². The van der Waals surface area contributed by atoms with Gasteiger partial charge in [0.05, 0.1) is 7.11 Å². The van der Waals surface area contributed by atoms with Gasteiger partial charge in [-0.2, -0.15) is 4.39 Å². The smallest absolute Gasteiger partial charge is 0.183 e. The van der Waals surface area contributed by atoms with E-state index in [1.165, 1.54) is 0 Å². The Morgan fingerprint density at radius 3 is 2.25 bits per heavy atom. The first kappa shape index (κ1) is 9.52. The van der Waals surface area contributed by atoms with Crippen molar-refractivity contribution in [3.8, 4) is 5.06 Å². The van der Waals surface area contributed by atoms with Crippen LogP contribution in [-0.2, 0) is 5.41 Å². The molecule has 1 heterocycles. The van der Waals surface area contributed by atoms with E-state index in [0.29, 0.717) is 5.06 Å². The van der Waals surface area contributed by atoms with Crippen molar-refractivity contribution < 1.29 is 9.13 Å². The molecule has 1 aromatic heterocycles. The fraction of sp³-hybridized carbons (Fsp3) is 0.556. The Kier molecular flexibility index (Phi) is 2.42. The highest BCUT2D eigenvalue weighted by Crippen LogP contribution is 2.34. The highest BCUT2D eigenvalue weighted by Gasteiger charge is 2.21. The van der Waals surface area contributed by atoms with Gasteiger partial charge in [0.25, 0.3) is 0 Å². The highest BCUT2D eigenvalue weighted by molar-refractivity contribution is 7.12. The van der Waals surface area contributed by atoms with Crippen molar-refractivity contribution in [1.82, 2.24) is 0 Å². The molecule has 0 N–H and O–H groups in total. The van der Waals surface area contributed by atoms with Crippen molar-refractivity contribution in [2.45, 2.75) is 26.2 Å². The lowest BCUT2D eigenvalue weighted by Crippen LogP contribution is -2.11. The van der Waals surface area contributed by atoms with Gasteiger partial charge in [0.1, 0.15) is 0 Å². The zero-order valence-corrected chi connectivity index (χ0v) is 8.59. The summed E-state index contributed by atoms with van der Waals surface area (Å²) in [7, 11) is 1.55. The molecule has 1 nitrogen and oxygen atoms in total.